The van der Waals surface area contributed by atoms with Crippen molar-refractivity contribution in [3.05, 3.63) is 34.9 Å². The zero-order valence-electron chi connectivity index (χ0n) is 17.2. The number of carbonyl (C=O) groups excluding carboxylic acids is 1. The molecule has 0 aromatic heterocycles. The molecule has 0 saturated heterocycles. The van der Waals surface area contributed by atoms with Gasteiger partial charge in [-0.3, -0.25) is 0 Å². The van der Waals surface area contributed by atoms with Crippen LogP contribution in [0.1, 0.15) is 101 Å². The molecule has 2 unspecified atom stereocenters. The van der Waals surface area contributed by atoms with Gasteiger partial charge in [-0.25, -0.2) is 4.79 Å². The normalized spacial score (nSPS) is 13.3. The monoisotopic (exact) mass is 395 g/mol. The third kappa shape index (κ3) is 10.2. The summed E-state index contributed by atoms with van der Waals surface area (Å²) in [5.74, 6) is -0.374. The Kier molecular flexibility index (Phi) is 13.3. The van der Waals surface area contributed by atoms with Crippen LogP contribution in [0.4, 0.5) is 0 Å². The van der Waals surface area contributed by atoms with Crippen molar-refractivity contribution in [3.63, 3.8) is 0 Å². The number of hydrogen-bond donors (Lipinski definition) is 1. The van der Waals surface area contributed by atoms with Crippen LogP contribution in [-0.2, 0) is 4.74 Å². The molecule has 0 fully saturated rings. The minimum absolute atomic E-state index is 0.130. The molecule has 1 aromatic carbocycles. The number of carbonyl (C=O) groups is 1. The smallest absolute Gasteiger partial charge is 0.339 e. The van der Waals surface area contributed by atoms with E-state index in [1.807, 2.05) is 6.92 Å². The maximum absolute atomic E-state index is 12.4. The van der Waals surface area contributed by atoms with E-state index in [9.17, 15) is 4.79 Å². The molecule has 0 radical (unpaired) electrons. The van der Waals surface area contributed by atoms with Gasteiger partial charge in [-0.2, -0.15) is 0 Å². The standard InChI is InChI=1S/C23H38ClNO2/c1-3-5-6-7-8-9-10-11-12-13-18-22(21(25)4-2)27-23(26)19-16-14-15-17-20(19)24/h14-17,21-22H,3-13,18,25H2,1-2H3. The van der Waals surface area contributed by atoms with E-state index in [4.69, 9.17) is 22.1 Å². The SMILES string of the molecule is CCCCCCCCCCCCC(OC(=O)c1ccccc1Cl)C(N)CC. The molecule has 0 saturated carbocycles. The van der Waals surface area contributed by atoms with Gasteiger partial charge in [0.2, 0.25) is 0 Å². The second kappa shape index (κ2) is 14.9. The molecule has 0 heterocycles. The van der Waals surface area contributed by atoms with Gasteiger partial charge in [-0.15, -0.1) is 0 Å². The molecule has 154 valence electrons. The van der Waals surface area contributed by atoms with E-state index in [1.165, 1.54) is 57.8 Å². The fourth-order valence-corrected chi connectivity index (χ4v) is 3.50. The van der Waals surface area contributed by atoms with Gasteiger partial charge in [0, 0.05) is 6.04 Å². The van der Waals surface area contributed by atoms with Gasteiger partial charge < -0.3 is 10.5 Å². The van der Waals surface area contributed by atoms with Crippen LogP contribution in [0, 0.1) is 0 Å². The van der Waals surface area contributed by atoms with Crippen LogP contribution in [0.5, 0.6) is 0 Å². The van der Waals surface area contributed by atoms with E-state index >= 15 is 0 Å². The number of benzene rings is 1. The lowest BCUT2D eigenvalue weighted by Crippen LogP contribution is -2.37. The van der Waals surface area contributed by atoms with E-state index in [1.54, 1.807) is 24.3 Å². The van der Waals surface area contributed by atoms with Crippen molar-refractivity contribution in [1.29, 1.82) is 0 Å². The molecule has 2 atom stereocenters. The van der Waals surface area contributed by atoms with Crippen molar-refractivity contribution in [2.45, 2.75) is 103 Å². The first-order valence-corrected chi connectivity index (χ1v) is 11.2. The molecular weight excluding hydrogens is 358 g/mol. The predicted octanol–water partition coefficient (Wildman–Crippen LogP) is 6.91. The van der Waals surface area contributed by atoms with Crippen molar-refractivity contribution in [1.82, 2.24) is 0 Å². The van der Waals surface area contributed by atoms with Gasteiger partial charge in [0.05, 0.1) is 10.6 Å². The van der Waals surface area contributed by atoms with E-state index in [-0.39, 0.29) is 18.1 Å². The average molecular weight is 396 g/mol. The number of rotatable bonds is 15. The zero-order chi connectivity index (χ0) is 19.9. The summed E-state index contributed by atoms with van der Waals surface area (Å²) in [5.41, 5.74) is 6.60. The molecule has 27 heavy (non-hydrogen) atoms. The second-order valence-corrected chi connectivity index (χ2v) is 7.87. The van der Waals surface area contributed by atoms with E-state index < -0.39 is 0 Å². The Morgan fingerprint density at radius 1 is 0.963 bits per heavy atom. The van der Waals surface area contributed by atoms with Crippen molar-refractivity contribution in [2.75, 3.05) is 0 Å². The van der Waals surface area contributed by atoms with Crippen LogP contribution >= 0.6 is 11.6 Å². The Morgan fingerprint density at radius 3 is 2.07 bits per heavy atom. The molecule has 0 amide bonds. The number of nitrogens with two attached hydrogens (primary N) is 1. The maximum atomic E-state index is 12.4. The molecule has 0 aliphatic rings. The van der Waals surface area contributed by atoms with Crippen molar-refractivity contribution < 1.29 is 9.53 Å². The highest BCUT2D eigenvalue weighted by atomic mass is 35.5. The molecule has 4 heteroatoms. The molecule has 0 aliphatic carbocycles. The van der Waals surface area contributed by atoms with Gasteiger partial charge in [0.25, 0.3) is 0 Å². The lowest BCUT2D eigenvalue weighted by Gasteiger charge is -2.23. The Morgan fingerprint density at radius 2 is 1.52 bits per heavy atom. The Bertz CT molecular complexity index is 521. The third-order valence-corrected chi connectivity index (χ3v) is 5.47. The highest BCUT2D eigenvalue weighted by Crippen LogP contribution is 2.20. The summed E-state index contributed by atoms with van der Waals surface area (Å²) < 4.78 is 5.70. The first-order chi connectivity index (χ1) is 13.1. The summed E-state index contributed by atoms with van der Waals surface area (Å²) >= 11 is 6.10. The topological polar surface area (TPSA) is 52.3 Å². The van der Waals surface area contributed by atoms with Crippen LogP contribution in [0.2, 0.25) is 5.02 Å². The number of hydrogen-bond acceptors (Lipinski definition) is 3. The second-order valence-electron chi connectivity index (χ2n) is 7.47. The first kappa shape index (κ1) is 24.0. The minimum Gasteiger partial charge on any atom is -0.457 e. The van der Waals surface area contributed by atoms with E-state index in [2.05, 4.69) is 6.92 Å². The number of ether oxygens (including phenoxy) is 1. The predicted molar refractivity (Wildman–Crippen MR) is 115 cm³/mol. The van der Waals surface area contributed by atoms with Crippen molar-refractivity contribution >= 4 is 17.6 Å². The Hall–Kier alpha value is -1.06. The van der Waals surface area contributed by atoms with E-state index in [0.717, 1.165) is 19.3 Å². The minimum atomic E-state index is -0.374. The average Bonchev–Trinajstić information content (AvgIpc) is 2.68. The lowest BCUT2D eigenvalue weighted by atomic mass is 10.0. The first-order valence-electron chi connectivity index (χ1n) is 10.8. The lowest BCUT2D eigenvalue weighted by molar-refractivity contribution is 0.0205. The summed E-state index contributed by atoms with van der Waals surface area (Å²) in [4.78, 5) is 12.4. The number of esters is 1. The molecular formula is C23H38ClNO2. The summed E-state index contributed by atoms with van der Waals surface area (Å²) in [6.07, 6.45) is 14.3. The van der Waals surface area contributed by atoms with Gasteiger partial charge in [0.1, 0.15) is 6.10 Å². The summed E-state index contributed by atoms with van der Waals surface area (Å²) in [7, 11) is 0. The maximum Gasteiger partial charge on any atom is 0.339 e. The number of halogens is 1. The molecule has 1 rings (SSSR count). The summed E-state index contributed by atoms with van der Waals surface area (Å²) in [5, 5.41) is 0.422. The highest BCUT2D eigenvalue weighted by molar-refractivity contribution is 6.33. The molecule has 1 aromatic rings. The molecule has 2 N–H and O–H groups in total. The van der Waals surface area contributed by atoms with Crippen molar-refractivity contribution in [2.24, 2.45) is 5.73 Å². The fraction of sp³-hybridized carbons (Fsp3) is 0.696. The zero-order valence-corrected chi connectivity index (χ0v) is 18.0. The highest BCUT2D eigenvalue weighted by Gasteiger charge is 2.22. The van der Waals surface area contributed by atoms with Crippen LogP contribution in [0.3, 0.4) is 0 Å². The van der Waals surface area contributed by atoms with Gasteiger partial charge in [0.15, 0.2) is 0 Å². The number of unbranched alkanes of at least 4 members (excludes halogenated alkanes) is 9. The van der Waals surface area contributed by atoms with Crippen LogP contribution in [0.25, 0.3) is 0 Å². The molecule has 0 spiro atoms. The van der Waals surface area contributed by atoms with Gasteiger partial charge in [-0.1, -0.05) is 95.4 Å². The Labute approximate surface area is 171 Å². The van der Waals surface area contributed by atoms with Crippen LogP contribution in [0.15, 0.2) is 24.3 Å². The molecule has 0 bridgehead atoms. The fourth-order valence-electron chi connectivity index (χ4n) is 3.28. The molecule has 0 aliphatic heterocycles. The van der Waals surface area contributed by atoms with Gasteiger partial charge in [-0.05, 0) is 31.4 Å². The van der Waals surface area contributed by atoms with E-state index in [0.29, 0.717) is 10.6 Å². The van der Waals surface area contributed by atoms with Gasteiger partial charge >= 0.3 is 5.97 Å². The molecule has 3 nitrogen and oxygen atoms in total. The van der Waals surface area contributed by atoms with Crippen LogP contribution < -0.4 is 5.73 Å². The Balaban J connectivity index is 2.29. The quantitative estimate of drug-likeness (QED) is 0.259. The largest absolute Gasteiger partial charge is 0.457 e. The van der Waals surface area contributed by atoms with Crippen LogP contribution in [-0.4, -0.2) is 18.1 Å². The summed E-state index contributed by atoms with van der Waals surface area (Å²) in [6.45, 7) is 4.28. The third-order valence-electron chi connectivity index (χ3n) is 5.14. The summed E-state index contributed by atoms with van der Waals surface area (Å²) in [6, 6.07) is 6.86. The van der Waals surface area contributed by atoms with Crippen molar-refractivity contribution in [3.8, 4) is 0 Å².